The van der Waals surface area contributed by atoms with Crippen LogP contribution in [-0.4, -0.2) is 43.8 Å². The smallest absolute Gasteiger partial charge is 0.257 e. The van der Waals surface area contributed by atoms with Crippen LogP contribution in [0.15, 0.2) is 54.7 Å². The summed E-state index contributed by atoms with van der Waals surface area (Å²) in [5.74, 6) is -1.42. The lowest BCUT2D eigenvalue weighted by Crippen LogP contribution is -2.48. The lowest BCUT2D eigenvalue weighted by atomic mass is 9.89. The molecule has 3 heterocycles. The van der Waals surface area contributed by atoms with Gasteiger partial charge >= 0.3 is 0 Å². The predicted molar refractivity (Wildman–Crippen MR) is 172 cm³/mol. The molecule has 1 aromatic heterocycles. The van der Waals surface area contributed by atoms with Crippen LogP contribution in [0.25, 0.3) is 0 Å². The van der Waals surface area contributed by atoms with Crippen molar-refractivity contribution < 1.29 is 28.6 Å². The molecule has 6 nitrogen and oxygen atoms in total. The minimum absolute atomic E-state index is 0.0215. The Hall–Kier alpha value is -2.33. The van der Waals surface area contributed by atoms with Gasteiger partial charge < -0.3 is 13.9 Å². The van der Waals surface area contributed by atoms with E-state index in [0.717, 1.165) is 0 Å². The van der Waals surface area contributed by atoms with Crippen LogP contribution < -0.4 is 0 Å². The van der Waals surface area contributed by atoms with E-state index >= 15 is 4.39 Å². The van der Waals surface area contributed by atoms with Gasteiger partial charge in [-0.15, -0.1) is 0 Å². The molecule has 0 N–H and O–H groups in total. The van der Waals surface area contributed by atoms with Crippen LogP contribution in [0.2, 0.25) is 28.2 Å². The van der Waals surface area contributed by atoms with Crippen LogP contribution >= 0.6 is 23.2 Å². The zero-order valence-electron chi connectivity index (χ0n) is 29.7. The molecular formula is C34H39Cl2FN2O4Si. The fourth-order valence-electron chi connectivity index (χ4n) is 5.01. The number of nitrogens with zero attached hydrogens (tertiary/aromatic N) is 2. The second kappa shape index (κ2) is 10.9. The summed E-state index contributed by atoms with van der Waals surface area (Å²) < 4.78 is 72.7. The summed E-state index contributed by atoms with van der Waals surface area (Å²) in [6.45, 7) is 6.41. The number of halogens is 3. The lowest BCUT2D eigenvalue weighted by molar-refractivity contribution is -0.130. The zero-order chi connectivity index (χ0) is 35.3. The van der Waals surface area contributed by atoms with Crippen LogP contribution in [0.4, 0.5) is 4.39 Å². The van der Waals surface area contributed by atoms with Crippen LogP contribution in [0.5, 0.6) is 0 Å². The Labute approximate surface area is 275 Å². The van der Waals surface area contributed by atoms with Gasteiger partial charge in [0.05, 0.1) is 47.0 Å². The van der Waals surface area contributed by atoms with Gasteiger partial charge in [0.25, 0.3) is 5.91 Å². The Bertz CT molecular complexity index is 1760. The molecule has 1 saturated heterocycles. The number of aromatic nitrogens is 1. The van der Waals surface area contributed by atoms with Crippen LogP contribution in [0, 0.1) is 11.2 Å². The summed E-state index contributed by atoms with van der Waals surface area (Å²) in [6.07, 6.45) is 1.63. The Kier molecular flexibility index (Phi) is 6.64. The van der Waals surface area contributed by atoms with Crippen LogP contribution in [-0.2, 0) is 31.8 Å². The maximum atomic E-state index is 16.8. The molecule has 2 aromatic carbocycles. The Balaban J connectivity index is 1.56. The van der Waals surface area contributed by atoms with E-state index in [9.17, 15) is 10.3 Å². The quantitative estimate of drug-likeness (QED) is 0.161. The molecule has 0 spiro atoms. The number of fused-ring (bicyclic) bond motifs is 1. The van der Waals surface area contributed by atoms with E-state index in [1.807, 2.05) is 33.9 Å². The van der Waals surface area contributed by atoms with Crippen molar-refractivity contribution in [3.8, 4) is 0 Å². The number of rotatable bonds is 10. The molecule has 3 aliphatic rings. The van der Waals surface area contributed by atoms with E-state index in [1.54, 1.807) is 49.4 Å². The molecule has 1 unspecified atom stereocenters. The van der Waals surface area contributed by atoms with Gasteiger partial charge in [0.2, 0.25) is 0 Å². The highest BCUT2D eigenvalue weighted by molar-refractivity contribution is 6.74. The van der Waals surface area contributed by atoms with Crippen molar-refractivity contribution in [2.75, 3.05) is 19.7 Å². The predicted octanol–water partition coefficient (Wildman–Crippen LogP) is 8.45. The highest BCUT2D eigenvalue weighted by Gasteiger charge is 2.57. The average Bonchev–Trinajstić information content (AvgIpc) is 3.90. The Morgan fingerprint density at radius 2 is 1.73 bits per heavy atom. The van der Waals surface area contributed by atoms with Gasteiger partial charge in [-0.25, -0.2) is 4.39 Å². The molecule has 1 aliphatic carbocycles. The molecule has 2 fully saturated rings. The molecule has 1 amide bonds. The van der Waals surface area contributed by atoms with E-state index in [0.29, 0.717) is 27.9 Å². The van der Waals surface area contributed by atoms with Gasteiger partial charge in [-0.2, -0.15) is 0 Å². The molecule has 10 heteroatoms. The zero-order valence-corrected chi connectivity index (χ0v) is 28.2. The number of ether oxygens (including phenoxy) is 2. The molecule has 234 valence electrons. The molecule has 3 aromatic rings. The summed E-state index contributed by atoms with van der Waals surface area (Å²) in [7, 11) is -2.75. The number of benzene rings is 2. The maximum absolute atomic E-state index is 16.8. The normalized spacial score (nSPS) is 26.0. The minimum Gasteiger partial charge on any atom is -0.416 e. The molecule has 0 radical (unpaired) electrons. The number of hydrogen-bond acceptors (Lipinski definition) is 5. The number of amides is 1. The standard InChI is InChI=1S/C34H39Cl2FN2O4Si/c1-31(2,3)44(5,6)43-21-33(13-14-33)20-42-34(22-7-9-24(35)10-8-22)29-27(15-23(16-28(29)37)32(4)19-41-32)30(40)39(34)18-26-12-11-25(36)17-38-26/h7-12,15-17H,13-14,18-21H2,1-6H3/t32?,34-/m1/s1/i20D2,21D2. The minimum atomic E-state index is -2.79. The number of pyridine rings is 1. The maximum Gasteiger partial charge on any atom is 0.257 e. The SMILES string of the molecule is [2H]C([2H])(O[C@]1(c2ccc(Cl)cc2)c2c(F)cc(C3(C)CO3)cc2C(=O)N1Cc1ccc(Cl)cn1)C1(C([2H])([2H])O[Si](C)(C)C(C)(C)C)CC1. The first-order valence-electron chi connectivity index (χ1n) is 16.7. The third kappa shape index (κ3) is 5.63. The van der Waals surface area contributed by atoms with E-state index < -0.39 is 49.9 Å². The summed E-state index contributed by atoms with van der Waals surface area (Å²) >= 11 is 12.4. The van der Waals surface area contributed by atoms with E-state index in [4.69, 9.17) is 37.1 Å². The third-order valence-electron chi connectivity index (χ3n) is 9.27. The summed E-state index contributed by atoms with van der Waals surface area (Å²) in [6, 6.07) is 12.3. The molecular weight excluding hydrogens is 618 g/mol. The van der Waals surface area contributed by atoms with Crippen LogP contribution in [0.1, 0.15) is 78.8 Å². The summed E-state index contributed by atoms with van der Waals surface area (Å²) in [4.78, 5) is 20.2. The topological polar surface area (TPSA) is 64.2 Å². The molecule has 44 heavy (non-hydrogen) atoms. The highest BCUT2D eigenvalue weighted by Crippen LogP contribution is 2.54. The van der Waals surface area contributed by atoms with Crippen molar-refractivity contribution in [3.05, 3.63) is 98.5 Å². The molecule has 2 atom stereocenters. The van der Waals surface area contributed by atoms with Crippen molar-refractivity contribution in [2.24, 2.45) is 5.41 Å². The van der Waals surface area contributed by atoms with Crippen molar-refractivity contribution in [1.82, 2.24) is 9.88 Å². The second-order valence-electron chi connectivity index (χ2n) is 13.7. The van der Waals surface area contributed by atoms with E-state index in [2.05, 4.69) is 4.98 Å². The fourth-order valence-corrected chi connectivity index (χ4v) is 6.00. The van der Waals surface area contributed by atoms with Gasteiger partial charge in [0.1, 0.15) is 11.4 Å². The molecule has 6 rings (SSSR count). The second-order valence-corrected chi connectivity index (χ2v) is 19.3. The van der Waals surface area contributed by atoms with Crippen molar-refractivity contribution >= 4 is 37.4 Å². The third-order valence-corrected chi connectivity index (χ3v) is 14.0. The van der Waals surface area contributed by atoms with Crippen molar-refractivity contribution in [1.29, 1.82) is 0 Å². The first-order valence-corrected chi connectivity index (χ1v) is 18.3. The Morgan fingerprint density at radius 3 is 2.30 bits per heavy atom. The van der Waals surface area contributed by atoms with E-state index in [1.165, 1.54) is 17.2 Å². The molecule has 1 saturated carbocycles. The van der Waals surface area contributed by atoms with Crippen LogP contribution in [0.3, 0.4) is 0 Å². The molecule has 2 aliphatic heterocycles. The number of hydrogen-bond donors (Lipinski definition) is 0. The van der Waals surface area contributed by atoms with Gasteiger partial charge in [0.15, 0.2) is 14.0 Å². The largest absolute Gasteiger partial charge is 0.416 e. The van der Waals surface area contributed by atoms with Crippen molar-refractivity contribution in [3.63, 3.8) is 0 Å². The highest BCUT2D eigenvalue weighted by atomic mass is 35.5. The fraction of sp³-hybridized carbons (Fsp3) is 0.471. The number of carbonyl (C=O) groups excluding carboxylic acids is 1. The summed E-state index contributed by atoms with van der Waals surface area (Å²) in [5, 5.41) is 0.371. The van der Waals surface area contributed by atoms with Gasteiger partial charge in [0, 0.05) is 28.8 Å². The van der Waals surface area contributed by atoms with Gasteiger partial charge in [-0.3, -0.25) is 14.7 Å². The molecule has 0 bridgehead atoms. The van der Waals surface area contributed by atoms with Gasteiger partial charge in [-0.1, -0.05) is 56.1 Å². The van der Waals surface area contributed by atoms with E-state index in [-0.39, 0.29) is 41.1 Å². The first kappa shape index (κ1) is 26.8. The van der Waals surface area contributed by atoms with Crippen molar-refractivity contribution in [2.45, 2.75) is 76.5 Å². The number of epoxide rings is 1. The Morgan fingerprint density at radius 1 is 1.07 bits per heavy atom. The van der Waals surface area contributed by atoms with Gasteiger partial charge in [-0.05, 0) is 79.9 Å². The summed E-state index contributed by atoms with van der Waals surface area (Å²) in [5.41, 5.74) is -3.89. The number of carbonyl (C=O) groups is 1. The lowest BCUT2D eigenvalue weighted by Gasteiger charge is -2.41. The average molecular weight is 662 g/mol. The monoisotopic (exact) mass is 660 g/mol. The first-order chi connectivity index (χ1) is 22.1.